The Morgan fingerprint density at radius 2 is 1.93 bits per heavy atom. The highest BCUT2D eigenvalue weighted by Gasteiger charge is 2.45. The van der Waals surface area contributed by atoms with E-state index in [1.165, 1.54) is 11.1 Å². The lowest BCUT2D eigenvalue weighted by Crippen LogP contribution is -2.49. The fourth-order valence-electron chi connectivity index (χ4n) is 2.52. The van der Waals surface area contributed by atoms with Crippen LogP contribution >= 0.6 is 0 Å². The average molecular weight is 207 g/mol. The van der Waals surface area contributed by atoms with Gasteiger partial charge in [-0.25, -0.2) is 4.39 Å². The summed E-state index contributed by atoms with van der Waals surface area (Å²) in [5, 5.41) is 3.18. The van der Waals surface area contributed by atoms with Crippen molar-refractivity contribution in [2.45, 2.75) is 31.4 Å². The van der Waals surface area contributed by atoms with Crippen molar-refractivity contribution in [2.24, 2.45) is 0 Å². The molecule has 0 amide bonds. The topological polar surface area (TPSA) is 12.0 Å². The third-order valence-electron chi connectivity index (χ3n) is 3.40. The molecule has 0 aliphatic heterocycles. The SMILES string of the molecule is CNCC1(c2ccc(C)cc2)CC(F)C1. The molecule has 1 N–H and O–H groups in total. The lowest BCUT2D eigenvalue weighted by molar-refractivity contribution is 0.0940. The molecule has 1 fully saturated rings. The quantitative estimate of drug-likeness (QED) is 0.803. The van der Waals surface area contributed by atoms with Crippen molar-refractivity contribution in [1.82, 2.24) is 5.32 Å². The van der Waals surface area contributed by atoms with Gasteiger partial charge < -0.3 is 5.32 Å². The van der Waals surface area contributed by atoms with Gasteiger partial charge in [-0.1, -0.05) is 29.8 Å². The first kappa shape index (κ1) is 10.6. The summed E-state index contributed by atoms with van der Waals surface area (Å²) >= 11 is 0. The molecule has 1 aromatic rings. The highest BCUT2D eigenvalue weighted by atomic mass is 19.1. The number of alkyl halides is 1. The second-order valence-corrected chi connectivity index (χ2v) is 4.68. The first-order valence-electron chi connectivity index (χ1n) is 5.52. The summed E-state index contributed by atoms with van der Waals surface area (Å²) in [7, 11) is 1.93. The molecule has 0 saturated heterocycles. The minimum absolute atomic E-state index is 0.0435. The number of nitrogens with one attached hydrogen (secondary N) is 1. The van der Waals surface area contributed by atoms with Crippen LogP contribution in [0.4, 0.5) is 4.39 Å². The van der Waals surface area contributed by atoms with Crippen LogP contribution in [0.5, 0.6) is 0 Å². The largest absolute Gasteiger partial charge is 0.319 e. The Hall–Kier alpha value is -0.890. The molecule has 2 heteroatoms. The van der Waals surface area contributed by atoms with E-state index in [9.17, 15) is 4.39 Å². The fraction of sp³-hybridized carbons (Fsp3) is 0.538. The lowest BCUT2D eigenvalue weighted by Gasteiger charge is -2.45. The van der Waals surface area contributed by atoms with Crippen molar-refractivity contribution in [3.8, 4) is 0 Å². The van der Waals surface area contributed by atoms with Gasteiger partial charge in [0.1, 0.15) is 6.17 Å². The zero-order chi connectivity index (χ0) is 10.9. The van der Waals surface area contributed by atoms with Gasteiger partial charge in [0, 0.05) is 12.0 Å². The maximum atomic E-state index is 13.1. The molecular formula is C13H18FN. The molecule has 0 spiro atoms. The van der Waals surface area contributed by atoms with Gasteiger partial charge in [0.2, 0.25) is 0 Å². The van der Waals surface area contributed by atoms with Gasteiger partial charge in [0.05, 0.1) is 0 Å². The van der Waals surface area contributed by atoms with E-state index in [0.29, 0.717) is 12.8 Å². The standard InChI is InChI=1S/C13H18FN/c1-10-3-5-11(6-4-10)13(9-15-2)7-12(14)8-13/h3-6,12,15H,7-9H2,1-2H3. The van der Waals surface area contributed by atoms with E-state index in [-0.39, 0.29) is 5.41 Å². The number of aryl methyl sites for hydroxylation is 1. The molecule has 0 atom stereocenters. The Balaban J connectivity index is 2.22. The number of hydrogen-bond acceptors (Lipinski definition) is 1. The normalized spacial score (nSPS) is 29.9. The van der Waals surface area contributed by atoms with E-state index in [0.717, 1.165) is 6.54 Å². The molecule has 0 aromatic heterocycles. The fourth-order valence-corrected chi connectivity index (χ4v) is 2.52. The maximum absolute atomic E-state index is 13.1. The zero-order valence-electron chi connectivity index (χ0n) is 9.39. The summed E-state index contributed by atoms with van der Waals surface area (Å²) in [6.07, 6.45) is 0.716. The Bertz CT molecular complexity index is 319. The van der Waals surface area contributed by atoms with E-state index in [1.54, 1.807) is 0 Å². The van der Waals surface area contributed by atoms with Crippen LogP contribution in [0.2, 0.25) is 0 Å². The molecule has 0 unspecified atom stereocenters. The number of hydrogen-bond donors (Lipinski definition) is 1. The molecule has 0 heterocycles. The molecule has 2 rings (SSSR count). The smallest absolute Gasteiger partial charge is 0.102 e. The molecule has 0 radical (unpaired) electrons. The summed E-state index contributed by atoms with van der Waals surface area (Å²) in [4.78, 5) is 0. The van der Waals surface area contributed by atoms with Crippen molar-refractivity contribution < 1.29 is 4.39 Å². The highest BCUT2D eigenvalue weighted by molar-refractivity contribution is 5.32. The Kier molecular flexibility index (Phi) is 2.79. The van der Waals surface area contributed by atoms with Crippen LogP contribution in [0, 0.1) is 6.92 Å². The summed E-state index contributed by atoms with van der Waals surface area (Å²) in [6.45, 7) is 2.95. The second kappa shape index (κ2) is 3.93. The van der Waals surface area contributed by atoms with Crippen LogP contribution in [-0.2, 0) is 5.41 Å². The van der Waals surface area contributed by atoms with Crippen molar-refractivity contribution in [3.63, 3.8) is 0 Å². The highest BCUT2D eigenvalue weighted by Crippen LogP contribution is 2.45. The Labute approximate surface area is 90.7 Å². The Morgan fingerprint density at radius 1 is 1.33 bits per heavy atom. The van der Waals surface area contributed by atoms with Crippen LogP contribution in [0.25, 0.3) is 0 Å². The number of rotatable bonds is 3. The minimum Gasteiger partial charge on any atom is -0.319 e. The van der Waals surface area contributed by atoms with Crippen molar-refractivity contribution >= 4 is 0 Å². The Morgan fingerprint density at radius 3 is 2.40 bits per heavy atom. The van der Waals surface area contributed by atoms with Gasteiger partial charge in [-0.2, -0.15) is 0 Å². The molecule has 0 bridgehead atoms. The van der Waals surface area contributed by atoms with E-state index >= 15 is 0 Å². The first-order chi connectivity index (χ1) is 7.16. The van der Waals surface area contributed by atoms with Crippen LogP contribution < -0.4 is 5.32 Å². The van der Waals surface area contributed by atoms with Gasteiger partial charge in [-0.15, -0.1) is 0 Å². The summed E-state index contributed by atoms with van der Waals surface area (Å²) < 4.78 is 13.1. The van der Waals surface area contributed by atoms with E-state index in [1.807, 2.05) is 7.05 Å². The predicted molar refractivity (Wildman–Crippen MR) is 60.9 cm³/mol. The van der Waals surface area contributed by atoms with Gasteiger partial charge in [-0.05, 0) is 32.4 Å². The van der Waals surface area contributed by atoms with E-state index < -0.39 is 6.17 Å². The molecule has 1 saturated carbocycles. The van der Waals surface area contributed by atoms with Crippen LogP contribution in [0.3, 0.4) is 0 Å². The minimum atomic E-state index is -0.611. The van der Waals surface area contributed by atoms with E-state index in [4.69, 9.17) is 0 Å². The van der Waals surface area contributed by atoms with Crippen molar-refractivity contribution in [2.75, 3.05) is 13.6 Å². The van der Waals surface area contributed by atoms with Gasteiger partial charge in [-0.3, -0.25) is 0 Å². The van der Waals surface area contributed by atoms with E-state index in [2.05, 4.69) is 36.5 Å². The van der Waals surface area contributed by atoms with Crippen LogP contribution in [0.15, 0.2) is 24.3 Å². The number of benzene rings is 1. The summed E-state index contributed by atoms with van der Waals surface area (Å²) in [6, 6.07) is 8.49. The lowest BCUT2D eigenvalue weighted by atomic mass is 9.63. The average Bonchev–Trinajstić information content (AvgIpc) is 2.16. The molecule has 1 nitrogen and oxygen atoms in total. The molecule has 1 aliphatic carbocycles. The summed E-state index contributed by atoms with van der Waals surface area (Å²) in [5.74, 6) is 0. The maximum Gasteiger partial charge on any atom is 0.102 e. The molecular weight excluding hydrogens is 189 g/mol. The number of halogens is 1. The van der Waals surface area contributed by atoms with Crippen molar-refractivity contribution in [1.29, 1.82) is 0 Å². The molecule has 1 aromatic carbocycles. The molecule has 82 valence electrons. The van der Waals surface area contributed by atoms with Crippen LogP contribution in [-0.4, -0.2) is 19.8 Å². The van der Waals surface area contributed by atoms with Gasteiger partial charge in [0.25, 0.3) is 0 Å². The summed E-state index contributed by atoms with van der Waals surface area (Å²) in [5.41, 5.74) is 2.58. The molecule has 15 heavy (non-hydrogen) atoms. The molecule has 1 aliphatic rings. The zero-order valence-corrected chi connectivity index (χ0v) is 9.39. The third-order valence-corrected chi connectivity index (χ3v) is 3.40. The van der Waals surface area contributed by atoms with Crippen molar-refractivity contribution in [3.05, 3.63) is 35.4 Å². The van der Waals surface area contributed by atoms with Gasteiger partial charge in [0.15, 0.2) is 0 Å². The first-order valence-corrected chi connectivity index (χ1v) is 5.52. The second-order valence-electron chi connectivity index (χ2n) is 4.68. The monoisotopic (exact) mass is 207 g/mol. The number of likely N-dealkylation sites (N-methyl/N-ethyl adjacent to an activating group) is 1. The van der Waals surface area contributed by atoms with Crippen LogP contribution in [0.1, 0.15) is 24.0 Å². The van der Waals surface area contributed by atoms with Gasteiger partial charge >= 0.3 is 0 Å². The predicted octanol–water partition coefficient (Wildman–Crippen LogP) is 2.58. The third kappa shape index (κ3) is 1.91.